The van der Waals surface area contributed by atoms with Crippen molar-refractivity contribution in [2.24, 2.45) is 58.2 Å². The monoisotopic (exact) mass is 1370 g/mol. The fourth-order valence-corrected chi connectivity index (χ4v) is 15.2. The van der Waals surface area contributed by atoms with Crippen LogP contribution < -0.4 is 29.6 Å². The molecule has 2 aromatic heterocycles. The molecule has 0 spiro atoms. The van der Waals surface area contributed by atoms with Gasteiger partial charge in [-0.1, -0.05) is 99.6 Å². The van der Waals surface area contributed by atoms with Crippen molar-refractivity contribution in [1.82, 2.24) is 40.4 Å². The summed E-state index contributed by atoms with van der Waals surface area (Å²) in [4.78, 5) is 101. The summed E-state index contributed by atoms with van der Waals surface area (Å²) in [6.45, 7) is 9.02. The zero-order valence-electron chi connectivity index (χ0n) is 53.9. The first kappa shape index (κ1) is 71.3. The van der Waals surface area contributed by atoms with Crippen molar-refractivity contribution in [3.8, 4) is 23.3 Å². The molecule has 6 fully saturated rings. The van der Waals surface area contributed by atoms with E-state index in [0.717, 1.165) is 64.2 Å². The molecule has 26 heteroatoms. The topological polar surface area (TPSA) is 240 Å². The number of alkyl halides is 4. The first-order valence-corrected chi connectivity index (χ1v) is 32.5. The number of carbonyl (C=O) groups excluding carboxylic acids is 6. The first-order chi connectivity index (χ1) is 43.4. The summed E-state index contributed by atoms with van der Waals surface area (Å²) >= 11 is 0. The maximum atomic E-state index is 14.2. The summed E-state index contributed by atoms with van der Waals surface area (Å²) in [6, 6.07) is 5.12. The average molecular weight is 1370 g/mol. The largest absolute Gasteiger partial charge is 0.540 e. The maximum Gasteiger partial charge on any atom is 0.408 e. The molecule has 93 heavy (non-hydrogen) atoms. The van der Waals surface area contributed by atoms with Gasteiger partial charge in [0, 0.05) is 49.2 Å². The quantitative estimate of drug-likeness (QED) is 0.129. The van der Waals surface area contributed by atoms with Crippen LogP contribution in [0.2, 0.25) is 0 Å². The molecular weight excluding hydrogens is 1290 g/mol. The second kappa shape index (κ2) is 29.6. The molecule has 2 aromatic carbocycles. The number of carbonyl (C=O) groups is 4. The fraction of sp³-hybridized carbons (Fsp3) is 0.672. The Labute approximate surface area is 563 Å². The summed E-state index contributed by atoms with van der Waals surface area (Å²) in [5.74, 6) is 1.63. The summed E-state index contributed by atoms with van der Waals surface area (Å²) in [5, 5.41) is 5.70. The van der Waals surface area contributed by atoms with E-state index in [4.69, 9.17) is 33.9 Å². The number of aryl methyl sites for hydroxylation is 2. The van der Waals surface area contributed by atoms with E-state index < -0.39 is 96.3 Å². The molecule has 20 nitrogen and oxygen atoms in total. The van der Waals surface area contributed by atoms with Gasteiger partial charge in [-0.3, -0.25) is 9.59 Å². The van der Waals surface area contributed by atoms with Crippen LogP contribution in [0.5, 0.6) is 23.3 Å². The molecule has 4 aliphatic carbocycles. The number of aromatic nitrogens is 4. The van der Waals surface area contributed by atoms with Gasteiger partial charge in [-0.15, -0.1) is 0 Å². The second-order valence-corrected chi connectivity index (χ2v) is 28.5. The SMILES string of the molecule is CC[C@@H]1[C@@H]2CN(C(=O)[C@H](C(C)(C)C)NC(=O)O[C@@H]3CC4CC4[C@H]3CCCCCc3nc4ccc(OC(F)F)cc4nc3O2)[C@@H]1[C-]=O.C[C@@H]1[C@@H]2CN(C(=O)[C@H](C(C)(C)C)NC(=O)O[C@@H]3CC4CC4[C@H]3CCCCCc3nc4ccc(OC(F)F)cc4nc3O2)[C@@H]1[C-]=O.[V].[V]. The van der Waals surface area contributed by atoms with E-state index in [1.807, 2.05) is 54.8 Å². The van der Waals surface area contributed by atoms with Gasteiger partial charge in [0.25, 0.3) is 0 Å². The minimum Gasteiger partial charge on any atom is -0.540 e. The molecule has 8 aliphatic rings. The van der Waals surface area contributed by atoms with Crippen molar-refractivity contribution < 1.29 is 112 Å². The van der Waals surface area contributed by atoms with E-state index in [1.165, 1.54) is 46.9 Å². The number of alkyl carbamates (subject to hydrolysis) is 2. The molecule has 2 radical (unpaired) electrons. The average Bonchev–Trinajstić information content (AvgIpc) is 1.63. The Hall–Kier alpha value is -5.97. The Bertz CT molecular complexity index is 3360. The number of hydrogen-bond donors (Lipinski definition) is 2. The minimum absolute atomic E-state index is 0. The van der Waals surface area contributed by atoms with Crippen LogP contribution >= 0.6 is 0 Å². The van der Waals surface area contributed by atoms with Gasteiger partial charge in [0.1, 0.15) is 59.4 Å². The summed E-state index contributed by atoms with van der Waals surface area (Å²) in [6.07, 6.45) is 14.3. The van der Waals surface area contributed by atoms with E-state index in [9.17, 15) is 46.3 Å². The third kappa shape index (κ3) is 16.1. The number of fused-ring (bicyclic) bond motifs is 14. The Morgan fingerprint density at radius 2 is 0.989 bits per heavy atom. The molecule has 4 amide bonds. The normalized spacial score (nSPS) is 31.5. The van der Waals surface area contributed by atoms with Crippen molar-refractivity contribution >= 4 is 58.6 Å². The zero-order chi connectivity index (χ0) is 64.8. The van der Waals surface area contributed by atoms with Gasteiger partial charge >= 0.3 is 25.4 Å². The standard InChI is InChI=1S/C34H43F2N4O6.C33H41F2N4O6.2V/c1-5-20-26(17-41)40-16-28(20)45-30-24(37-23-12-11-19(44-32(35)36)15-25(23)38-30)10-8-6-7-9-21-22-13-18(22)14-27(21)46-33(43)39-29(31(40)42)34(2,3)4;1-17-25(16-40)39-15-27(17)44-29-23(36-22-11-10-19(43-31(34)35)14-24(22)37-29)9-7-5-6-8-20-21-12-18(21)13-26(20)45-32(42)38-28(30(39)41)33(2,3)4;;/h11-12,15,18,20-22,26-29,32H,5-10,13-14,16H2,1-4H3,(H,39,43);10-11,14,17-18,20-21,25-28,31H,5-9,12-13,15H2,1-4H3,(H,38,42);;/q2*-1;;/t18?,20-,21+,22?,26+,27+,28-,29+;17-,18?,20+,21?,25+,26+,27-,28+;;/m00../s1. The van der Waals surface area contributed by atoms with E-state index >= 15 is 0 Å². The minimum atomic E-state index is -2.98. The van der Waals surface area contributed by atoms with Gasteiger partial charge in [-0.05, 0) is 147 Å². The molecule has 4 aromatic rings. The van der Waals surface area contributed by atoms with Gasteiger partial charge in [0.15, 0.2) is 0 Å². The number of nitrogens with zero attached hydrogens (tertiary/aromatic N) is 6. The molecule has 12 rings (SSSR count). The van der Waals surface area contributed by atoms with Crippen molar-refractivity contribution in [2.45, 2.75) is 214 Å². The number of benzene rings is 2. The molecule has 6 heterocycles. The molecule has 504 valence electrons. The maximum absolute atomic E-state index is 14.2. The van der Waals surface area contributed by atoms with Gasteiger partial charge in [-0.25, -0.2) is 42.1 Å². The third-order valence-corrected chi connectivity index (χ3v) is 20.2. The van der Waals surface area contributed by atoms with Crippen LogP contribution in [0.4, 0.5) is 27.2 Å². The van der Waals surface area contributed by atoms with Crippen LogP contribution in [0.15, 0.2) is 36.4 Å². The zero-order valence-corrected chi connectivity index (χ0v) is 56.7. The Morgan fingerprint density at radius 1 is 0.559 bits per heavy atom. The number of nitrogens with one attached hydrogen (secondary N) is 2. The van der Waals surface area contributed by atoms with E-state index in [1.54, 1.807) is 19.1 Å². The number of hydrogen-bond acceptors (Lipinski definition) is 16. The predicted molar refractivity (Wildman–Crippen MR) is 324 cm³/mol. The third-order valence-electron chi connectivity index (χ3n) is 20.2. The molecule has 2 N–H and O–H groups in total. The van der Waals surface area contributed by atoms with Crippen molar-refractivity contribution in [2.75, 3.05) is 13.1 Å². The Kier molecular flexibility index (Phi) is 22.7. The fourth-order valence-electron chi connectivity index (χ4n) is 15.2. The van der Waals surface area contributed by atoms with Crippen molar-refractivity contribution in [1.29, 1.82) is 0 Å². The van der Waals surface area contributed by atoms with Crippen LogP contribution in [-0.4, -0.2) is 141 Å². The van der Waals surface area contributed by atoms with Crippen LogP contribution in [0.1, 0.15) is 150 Å². The van der Waals surface area contributed by atoms with Gasteiger partial charge in [-0.2, -0.15) is 17.6 Å². The molecule has 2 saturated heterocycles. The van der Waals surface area contributed by atoms with E-state index in [0.29, 0.717) is 88.2 Å². The summed E-state index contributed by atoms with van der Waals surface area (Å²) < 4.78 is 85.7. The molecule has 4 bridgehead atoms. The summed E-state index contributed by atoms with van der Waals surface area (Å²) in [7, 11) is 0. The predicted octanol–water partition coefficient (Wildman–Crippen LogP) is 10.8. The summed E-state index contributed by atoms with van der Waals surface area (Å²) in [5.41, 5.74) is 1.59. The van der Waals surface area contributed by atoms with E-state index in [2.05, 4.69) is 31.4 Å². The Balaban J connectivity index is 0.000000215. The van der Waals surface area contributed by atoms with Gasteiger partial charge in [0.2, 0.25) is 23.6 Å². The molecule has 4 unspecified atom stereocenters. The molecule has 16 atom stereocenters. The van der Waals surface area contributed by atoms with E-state index in [-0.39, 0.29) is 85.7 Å². The number of halogens is 4. The first-order valence-electron chi connectivity index (χ1n) is 32.5. The molecule has 4 aliphatic heterocycles. The van der Waals surface area contributed by atoms with Crippen molar-refractivity contribution in [3.63, 3.8) is 0 Å². The van der Waals surface area contributed by atoms with Crippen molar-refractivity contribution in [3.05, 3.63) is 47.8 Å². The van der Waals surface area contributed by atoms with Gasteiger partial charge in [0.05, 0.1) is 35.2 Å². The molecule has 4 saturated carbocycles. The van der Waals surface area contributed by atoms with Crippen LogP contribution in [0.3, 0.4) is 0 Å². The van der Waals surface area contributed by atoms with Crippen LogP contribution in [0, 0.1) is 58.2 Å². The van der Waals surface area contributed by atoms with Crippen LogP contribution in [0.25, 0.3) is 22.1 Å². The second-order valence-electron chi connectivity index (χ2n) is 28.5. The number of ether oxygens (including phenoxy) is 6. The smallest absolute Gasteiger partial charge is 0.408 e. The van der Waals surface area contributed by atoms with Gasteiger partial charge < -0.3 is 58.4 Å². The number of amides is 4. The Morgan fingerprint density at radius 3 is 1.41 bits per heavy atom. The number of rotatable bonds is 7. The van der Waals surface area contributed by atoms with Crippen LogP contribution in [-0.2, 0) is 78.6 Å². The molecular formula is C67H84F4N8O12V2-2.